The fourth-order valence-electron chi connectivity index (χ4n) is 21.2. The lowest BCUT2D eigenvalue weighted by Crippen LogP contribution is -2.35. The largest absolute Gasteiger partial charge is 0.472 e. The first-order chi connectivity index (χ1) is 51.6. The first-order valence-electron chi connectivity index (χ1n) is 37.8. The molecule has 28 heteroatoms. The fraction of sp³-hybridized carbons (Fsp3) is 0.696. The van der Waals surface area contributed by atoms with E-state index in [2.05, 4.69) is 44.1 Å². The molecular formula is C79H104O28. The topological polar surface area (TPSA) is 360 Å². The van der Waals surface area contributed by atoms with Crippen LogP contribution in [-0.2, 0) is 109 Å². The van der Waals surface area contributed by atoms with E-state index in [1.54, 1.807) is 12.3 Å². The highest BCUT2D eigenvalue weighted by atomic mass is 16.7. The molecule has 5 N–H and O–H groups in total. The quantitative estimate of drug-likeness (QED) is 0.0706. The van der Waals surface area contributed by atoms with Gasteiger partial charge in [-0.25, -0.2) is 24.0 Å². The number of esters is 5. The van der Waals surface area contributed by atoms with Gasteiger partial charge in [0.15, 0.2) is 6.29 Å². The second-order valence-electron chi connectivity index (χ2n) is 31.1. The molecular weight excluding hydrogens is 1400 g/mol. The molecule has 31 unspecified atom stereocenters. The Kier molecular flexibility index (Phi) is 24.2. The summed E-state index contributed by atoms with van der Waals surface area (Å²) in [4.78, 5) is 68.5. The standard InChI is InChI=1S/2C12H16O4.2C11H14O5.C11H12O5.C11H16O3.C11H16O2/c2*1-6-7-3-4-8-9(11(13)14-2)5-15-12(16-6)10(7)8;1-14-9(12)7-4-15-11-8-5(7)2-3-6(8)10(13)16-11;2*1-15-10(13)8-5-16-11(14)9-6(4-12)2-3-7(8)9;1-6-8-2-3-9-7(4-12)5-13-11(14-6)10(8)9;1-6-5-12-11-10-8(6)3-4-9(10)7(2)13-11/h2*5-8,10,12H,3-4H2,1-2H3;4-6,8,10-11,13H,2-3H2,1H3;2,5,7,9,11-12,14H,3-4H2,1H3;2,4-5,7,9,11,14H,3H2,1H3;5-6,8-12H,2-4H2,1H3;5,7-11H,3-4H2,1-2H3. The number of carbonyl (C=O) groups excluding carboxylic acids is 6. The van der Waals surface area contributed by atoms with E-state index in [-0.39, 0.29) is 116 Å². The number of ether oxygens (including phenoxy) is 17. The van der Waals surface area contributed by atoms with Gasteiger partial charge < -0.3 is 106 Å². The molecule has 28 nitrogen and oxygen atoms in total. The number of aliphatic hydroxyl groups excluding tert-OH is 5. The maximum Gasteiger partial charge on any atom is 0.337 e. The molecule has 107 heavy (non-hydrogen) atoms. The number of allylic oxidation sites excluding steroid dienone is 3. The predicted molar refractivity (Wildman–Crippen MR) is 368 cm³/mol. The van der Waals surface area contributed by atoms with Crippen LogP contribution < -0.4 is 0 Å². The van der Waals surface area contributed by atoms with E-state index in [1.165, 1.54) is 98.1 Å². The Bertz CT molecular complexity index is 3420. The van der Waals surface area contributed by atoms with E-state index in [9.17, 15) is 49.2 Å². The van der Waals surface area contributed by atoms with E-state index < -0.39 is 43.0 Å². The van der Waals surface area contributed by atoms with Crippen molar-refractivity contribution in [1.29, 1.82) is 0 Å². The molecule has 0 aromatic heterocycles. The molecule has 0 aromatic carbocycles. The van der Waals surface area contributed by atoms with Crippen LogP contribution in [0.25, 0.3) is 0 Å². The summed E-state index contributed by atoms with van der Waals surface area (Å²) in [6, 6.07) is 0. The number of carbonyl (C=O) groups is 6. The van der Waals surface area contributed by atoms with Crippen LogP contribution in [-0.4, -0.2) is 185 Å². The maximum absolute atomic E-state index is 11.6. The summed E-state index contributed by atoms with van der Waals surface area (Å²) in [5.74, 6) is 3.37. The minimum atomic E-state index is -1.07. The summed E-state index contributed by atoms with van der Waals surface area (Å²) in [7, 11) is 6.78. The summed E-state index contributed by atoms with van der Waals surface area (Å²) in [5.41, 5.74) is 6.40. The van der Waals surface area contributed by atoms with Gasteiger partial charge >= 0.3 is 29.8 Å². The van der Waals surface area contributed by atoms with Crippen LogP contribution in [0, 0.1) is 112 Å². The van der Waals surface area contributed by atoms with Crippen molar-refractivity contribution in [3.05, 3.63) is 106 Å². The predicted octanol–water partition coefficient (Wildman–Crippen LogP) is 7.00. The van der Waals surface area contributed by atoms with Gasteiger partial charge in [-0.05, 0) is 169 Å². The van der Waals surface area contributed by atoms with Crippen molar-refractivity contribution in [2.45, 2.75) is 186 Å². The second kappa shape index (κ2) is 33.2. The van der Waals surface area contributed by atoms with Gasteiger partial charge in [0.2, 0.25) is 44.0 Å². The smallest absolute Gasteiger partial charge is 0.337 e. The van der Waals surface area contributed by atoms with Crippen molar-refractivity contribution in [1.82, 2.24) is 0 Å². The van der Waals surface area contributed by atoms with Crippen LogP contribution in [0.4, 0.5) is 0 Å². The zero-order valence-corrected chi connectivity index (χ0v) is 62.2. The van der Waals surface area contributed by atoms with Crippen LogP contribution in [0.15, 0.2) is 106 Å². The molecule has 588 valence electrons. The number of rotatable bonds is 8. The lowest BCUT2D eigenvalue weighted by Gasteiger charge is -2.31. The summed E-state index contributed by atoms with van der Waals surface area (Å²) >= 11 is 0. The van der Waals surface area contributed by atoms with Gasteiger partial charge in [0.1, 0.15) is 6.29 Å². The molecule has 0 amide bonds. The molecule has 12 aliphatic heterocycles. The molecule has 31 atom stereocenters. The molecule has 7 aliphatic carbocycles. The average molecular weight is 1500 g/mol. The van der Waals surface area contributed by atoms with Crippen molar-refractivity contribution in [2.75, 3.05) is 48.8 Å². The van der Waals surface area contributed by atoms with Gasteiger partial charge in [-0.15, -0.1) is 0 Å². The minimum Gasteiger partial charge on any atom is -0.472 e. The van der Waals surface area contributed by atoms with E-state index in [4.69, 9.17) is 76.2 Å². The summed E-state index contributed by atoms with van der Waals surface area (Å²) < 4.78 is 89.3. The van der Waals surface area contributed by atoms with Gasteiger partial charge in [0, 0.05) is 65.1 Å². The number of aldehydes is 1. The molecule has 0 aromatic rings. The second-order valence-corrected chi connectivity index (χ2v) is 31.1. The minimum absolute atomic E-state index is 0.0437. The summed E-state index contributed by atoms with van der Waals surface area (Å²) in [5, 5.41) is 47.3. The fourth-order valence-corrected chi connectivity index (χ4v) is 21.2. The van der Waals surface area contributed by atoms with Crippen LogP contribution in [0.3, 0.4) is 0 Å². The summed E-state index contributed by atoms with van der Waals surface area (Å²) in [6.45, 7) is 10.7. The maximum atomic E-state index is 11.6. The van der Waals surface area contributed by atoms with Crippen LogP contribution in [0.2, 0.25) is 0 Å². The molecule has 0 radical (unpaired) electrons. The van der Waals surface area contributed by atoms with Gasteiger partial charge in [-0.1, -0.05) is 12.2 Å². The number of fused-ring (bicyclic) bond motifs is 2. The van der Waals surface area contributed by atoms with Crippen molar-refractivity contribution in [3.8, 4) is 0 Å². The molecule has 10 fully saturated rings. The highest BCUT2D eigenvalue weighted by molar-refractivity contribution is 5.91. The number of methoxy groups -OCH3 is 5. The van der Waals surface area contributed by atoms with Crippen molar-refractivity contribution >= 4 is 36.1 Å². The number of aliphatic hydroxyl groups is 5. The lowest BCUT2D eigenvalue weighted by molar-refractivity contribution is -0.186. The molecule has 19 aliphatic rings. The molecule has 19 rings (SSSR count). The summed E-state index contributed by atoms with van der Waals surface area (Å²) in [6.07, 6.45) is 24.8. The zero-order valence-electron chi connectivity index (χ0n) is 62.2. The average Bonchev–Trinajstić information content (AvgIpc) is 1.60. The molecule has 5 saturated carbocycles. The van der Waals surface area contributed by atoms with Gasteiger partial charge in [0.25, 0.3) is 0 Å². The molecule has 5 saturated heterocycles. The Hall–Kier alpha value is -7.12. The van der Waals surface area contributed by atoms with Crippen molar-refractivity contribution < 1.29 is 135 Å². The third-order valence-electron chi connectivity index (χ3n) is 26.5. The Balaban J connectivity index is 0.000000110. The Morgan fingerprint density at radius 2 is 0.692 bits per heavy atom. The SMILES string of the molecule is CC1=COC2OC(C)C3CCC1C23.CC1OC2OC=C(CO)C3CCC1C23.COC(=O)C1=COC(O)C2C(C=O)=CCC12.COC(=O)C1=COC(O)C2C(CO)=CCC12.COC(=O)C1=COC2OC(C)C3CCC1C23.COC(=O)C1=COC2OC(C)C3CCC1C23.COC(=O)C1=COC2OC(O)C3CCC1C23. The lowest BCUT2D eigenvalue weighted by atomic mass is 9.83. The number of hydrogen-bond acceptors (Lipinski definition) is 28. The van der Waals surface area contributed by atoms with Gasteiger partial charge in [-0.3, -0.25) is 4.79 Å². The first-order valence-corrected chi connectivity index (χ1v) is 37.8. The van der Waals surface area contributed by atoms with Gasteiger partial charge in [0.05, 0.1) is 157 Å². The van der Waals surface area contributed by atoms with Crippen LogP contribution in [0.1, 0.15) is 112 Å². The third kappa shape index (κ3) is 14.7. The van der Waals surface area contributed by atoms with Crippen LogP contribution in [0.5, 0.6) is 0 Å². The zero-order chi connectivity index (χ0) is 76.0. The number of hydrogen-bond donors (Lipinski definition) is 5. The molecule has 12 heterocycles. The van der Waals surface area contributed by atoms with E-state index in [0.717, 1.165) is 55.9 Å². The molecule has 0 bridgehead atoms. The molecule has 0 spiro atoms. The van der Waals surface area contributed by atoms with E-state index in [1.807, 2.05) is 12.3 Å². The highest BCUT2D eigenvalue weighted by Crippen LogP contribution is 2.58. The normalized spacial score (nSPS) is 42.6. The van der Waals surface area contributed by atoms with Crippen molar-refractivity contribution in [3.63, 3.8) is 0 Å². The Morgan fingerprint density at radius 3 is 1.11 bits per heavy atom. The van der Waals surface area contributed by atoms with Crippen molar-refractivity contribution in [2.24, 2.45) is 112 Å². The van der Waals surface area contributed by atoms with E-state index in [0.29, 0.717) is 118 Å². The third-order valence-corrected chi connectivity index (χ3v) is 26.5. The highest BCUT2D eigenvalue weighted by Gasteiger charge is 2.60. The van der Waals surface area contributed by atoms with Crippen LogP contribution >= 0.6 is 0 Å². The monoisotopic (exact) mass is 1500 g/mol. The van der Waals surface area contributed by atoms with Gasteiger partial charge in [-0.2, -0.15) is 0 Å². The Morgan fingerprint density at radius 1 is 0.374 bits per heavy atom. The van der Waals surface area contributed by atoms with E-state index >= 15 is 0 Å². The Labute approximate surface area is 622 Å². The first kappa shape index (κ1) is 78.0.